The lowest BCUT2D eigenvalue weighted by Crippen LogP contribution is -2.35. The Morgan fingerprint density at radius 2 is 2.44 bits per heavy atom. The Morgan fingerprint density at radius 3 is 2.67 bits per heavy atom. The van der Waals surface area contributed by atoms with Crippen LogP contribution in [0.15, 0.2) is 5.10 Å². The first-order chi connectivity index (χ1) is 4.25. The van der Waals surface area contributed by atoms with Crippen molar-refractivity contribution in [3.05, 3.63) is 0 Å². The van der Waals surface area contributed by atoms with E-state index >= 15 is 0 Å². The highest BCUT2D eigenvalue weighted by molar-refractivity contribution is 5.80. The molecule has 1 unspecified atom stereocenters. The van der Waals surface area contributed by atoms with Gasteiger partial charge in [-0.1, -0.05) is 6.92 Å². The van der Waals surface area contributed by atoms with E-state index in [0.717, 1.165) is 12.3 Å². The van der Waals surface area contributed by atoms with Crippen molar-refractivity contribution < 1.29 is 0 Å². The molecule has 1 N–H and O–H groups in total. The molecule has 3 heteroatoms. The smallest absolute Gasteiger partial charge is 0.123 e. The van der Waals surface area contributed by atoms with Crippen LogP contribution in [0.1, 0.15) is 20.3 Å². The summed E-state index contributed by atoms with van der Waals surface area (Å²) in [5.74, 6) is 1.07. The van der Waals surface area contributed by atoms with Crippen LogP contribution in [0.25, 0.3) is 0 Å². The van der Waals surface area contributed by atoms with Crippen LogP contribution in [-0.2, 0) is 0 Å². The zero-order valence-corrected chi connectivity index (χ0v) is 6.18. The van der Waals surface area contributed by atoms with Gasteiger partial charge in [-0.25, -0.2) is 0 Å². The number of rotatable bonds is 1. The van der Waals surface area contributed by atoms with Crippen molar-refractivity contribution in [3.8, 4) is 0 Å². The number of nitrogens with zero attached hydrogens (tertiary/aromatic N) is 2. The Hall–Kier alpha value is -0.730. The predicted molar refractivity (Wildman–Crippen MR) is 38.1 cm³/mol. The molecule has 0 spiro atoms. The minimum absolute atomic E-state index is 0.421. The topological polar surface area (TPSA) is 27.6 Å². The lowest BCUT2D eigenvalue weighted by Gasteiger charge is -2.18. The van der Waals surface area contributed by atoms with Gasteiger partial charge in [0, 0.05) is 7.05 Å². The van der Waals surface area contributed by atoms with Gasteiger partial charge in [-0.2, -0.15) is 5.10 Å². The van der Waals surface area contributed by atoms with Crippen molar-refractivity contribution in [2.45, 2.75) is 26.4 Å². The summed E-state index contributed by atoms with van der Waals surface area (Å²) < 4.78 is 0. The third-order valence-electron chi connectivity index (χ3n) is 1.74. The predicted octanol–water partition coefficient (Wildman–Crippen LogP) is 0.591. The fraction of sp³-hybridized carbons (Fsp3) is 0.833. The van der Waals surface area contributed by atoms with Crippen molar-refractivity contribution in [2.75, 3.05) is 7.05 Å². The van der Waals surface area contributed by atoms with E-state index in [1.165, 1.54) is 0 Å². The molecule has 0 aliphatic carbocycles. The normalized spacial score (nSPS) is 25.9. The van der Waals surface area contributed by atoms with E-state index in [2.05, 4.69) is 22.4 Å². The first-order valence-corrected chi connectivity index (χ1v) is 3.28. The molecule has 9 heavy (non-hydrogen) atoms. The third kappa shape index (κ3) is 0.992. The largest absolute Gasteiger partial charge is 0.340 e. The van der Waals surface area contributed by atoms with Crippen LogP contribution in [0.4, 0.5) is 0 Å². The molecule has 0 bridgehead atoms. The van der Waals surface area contributed by atoms with E-state index in [0.29, 0.717) is 6.17 Å². The quantitative estimate of drug-likeness (QED) is 0.558. The van der Waals surface area contributed by atoms with E-state index < -0.39 is 0 Å². The van der Waals surface area contributed by atoms with Gasteiger partial charge >= 0.3 is 0 Å². The van der Waals surface area contributed by atoms with Crippen LogP contribution >= 0.6 is 0 Å². The molecule has 1 rings (SSSR count). The highest BCUT2D eigenvalue weighted by atomic mass is 15.5. The summed E-state index contributed by atoms with van der Waals surface area (Å²) in [6.45, 7) is 4.14. The maximum atomic E-state index is 4.06. The van der Waals surface area contributed by atoms with E-state index in [1.54, 1.807) is 0 Å². The maximum absolute atomic E-state index is 4.06. The molecule has 0 aromatic carbocycles. The average Bonchev–Trinajstić information content (AvgIpc) is 2.15. The highest BCUT2D eigenvalue weighted by Gasteiger charge is 2.17. The second-order valence-corrected chi connectivity index (χ2v) is 2.32. The Morgan fingerprint density at radius 1 is 1.78 bits per heavy atom. The molecule has 0 saturated heterocycles. The minimum Gasteiger partial charge on any atom is -0.340 e. The van der Waals surface area contributed by atoms with Crippen LogP contribution in [0.2, 0.25) is 0 Å². The van der Waals surface area contributed by atoms with E-state index in [-0.39, 0.29) is 0 Å². The van der Waals surface area contributed by atoms with Crippen molar-refractivity contribution in [1.29, 1.82) is 0 Å². The molecule has 0 radical (unpaired) electrons. The first-order valence-electron chi connectivity index (χ1n) is 3.28. The minimum atomic E-state index is 0.421. The van der Waals surface area contributed by atoms with Crippen LogP contribution in [0.3, 0.4) is 0 Å². The molecule has 52 valence electrons. The van der Waals surface area contributed by atoms with E-state index in [4.69, 9.17) is 0 Å². The summed E-state index contributed by atoms with van der Waals surface area (Å²) in [6, 6.07) is 0. The van der Waals surface area contributed by atoms with Gasteiger partial charge in [0.05, 0.1) is 0 Å². The summed E-state index contributed by atoms with van der Waals surface area (Å²) in [7, 11) is 2.05. The van der Waals surface area contributed by atoms with Crippen molar-refractivity contribution in [1.82, 2.24) is 10.3 Å². The Balaban J connectivity index is 2.51. The molecule has 0 fully saturated rings. The summed E-state index contributed by atoms with van der Waals surface area (Å²) in [5.41, 5.74) is 3.02. The fourth-order valence-electron chi connectivity index (χ4n) is 0.924. The Labute approximate surface area is 55.7 Å². The number of hydrazone groups is 1. The fourth-order valence-corrected chi connectivity index (χ4v) is 0.924. The number of hydrogen-bond donors (Lipinski definition) is 1. The van der Waals surface area contributed by atoms with Gasteiger partial charge in [0.25, 0.3) is 0 Å². The van der Waals surface area contributed by atoms with Gasteiger partial charge in [-0.3, -0.25) is 5.43 Å². The molecule has 1 aliphatic heterocycles. The van der Waals surface area contributed by atoms with Crippen LogP contribution in [0.5, 0.6) is 0 Å². The highest BCUT2D eigenvalue weighted by Crippen LogP contribution is 2.04. The van der Waals surface area contributed by atoms with Crippen LogP contribution < -0.4 is 5.43 Å². The maximum Gasteiger partial charge on any atom is 0.123 e. The second-order valence-electron chi connectivity index (χ2n) is 2.32. The first kappa shape index (κ1) is 6.39. The van der Waals surface area contributed by atoms with Crippen molar-refractivity contribution >= 4 is 5.84 Å². The van der Waals surface area contributed by atoms with Gasteiger partial charge in [-0.15, -0.1) is 0 Å². The molecule has 1 aliphatic rings. The summed E-state index contributed by atoms with van der Waals surface area (Å²) in [4.78, 5) is 2.14. The van der Waals surface area contributed by atoms with Gasteiger partial charge in [0.15, 0.2) is 0 Å². The Kier molecular flexibility index (Phi) is 1.60. The van der Waals surface area contributed by atoms with Gasteiger partial charge in [0.1, 0.15) is 12.0 Å². The molecular formula is C6H13N3. The summed E-state index contributed by atoms with van der Waals surface area (Å²) in [6.07, 6.45) is 1.52. The Bertz CT molecular complexity index is 130. The number of nitrogens with one attached hydrogen (secondary N) is 1. The lowest BCUT2D eigenvalue weighted by atomic mass is 10.3. The van der Waals surface area contributed by atoms with Gasteiger partial charge < -0.3 is 4.90 Å². The second kappa shape index (κ2) is 2.25. The summed E-state index contributed by atoms with van der Waals surface area (Å²) in [5, 5.41) is 4.06. The summed E-state index contributed by atoms with van der Waals surface area (Å²) >= 11 is 0. The van der Waals surface area contributed by atoms with Crippen LogP contribution in [-0.4, -0.2) is 23.9 Å². The lowest BCUT2D eigenvalue weighted by molar-refractivity contribution is 0.338. The molecule has 3 nitrogen and oxygen atoms in total. The molecule has 0 amide bonds. The molecule has 0 aromatic rings. The average molecular weight is 127 g/mol. The number of hydrogen-bond acceptors (Lipinski definition) is 3. The monoisotopic (exact) mass is 127 g/mol. The molecule has 1 heterocycles. The van der Waals surface area contributed by atoms with Crippen LogP contribution in [0, 0.1) is 0 Å². The molecule has 1 atom stereocenters. The zero-order valence-electron chi connectivity index (χ0n) is 6.18. The van der Waals surface area contributed by atoms with E-state index in [1.807, 2.05) is 14.0 Å². The third-order valence-corrected chi connectivity index (χ3v) is 1.74. The van der Waals surface area contributed by atoms with Crippen molar-refractivity contribution in [2.24, 2.45) is 5.10 Å². The number of amidine groups is 1. The molecular weight excluding hydrogens is 114 g/mol. The van der Waals surface area contributed by atoms with Crippen molar-refractivity contribution in [3.63, 3.8) is 0 Å². The standard InChI is InChI=1S/C6H13N3/c1-4-6-8-7-5(2)9(6)3/h6,8H,4H2,1-3H3. The molecule has 0 aromatic heterocycles. The van der Waals surface area contributed by atoms with E-state index in [9.17, 15) is 0 Å². The van der Waals surface area contributed by atoms with Gasteiger partial charge in [0.2, 0.25) is 0 Å². The van der Waals surface area contributed by atoms with Gasteiger partial charge in [-0.05, 0) is 13.3 Å². The zero-order chi connectivity index (χ0) is 6.85. The SMILES string of the molecule is CCC1NN=C(C)N1C. The molecule has 0 saturated carbocycles.